The lowest BCUT2D eigenvalue weighted by atomic mass is 10.1. The molecule has 1 aromatic carbocycles. The SMILES string of the molecule is CCN(CC)C(=O)[C@@H]1CCCN1C(=O)Cc1cccc(F)c1. The van der Waals surface area contributed by atoms with E-state index < -0.39 is 0 Å². The Morgan fingerprint density at radius 3 is 2.68 bits per heavy atom. The number of likely N-dealkylation sites (tertiary alicyclic amines) is 1. The van der Waals surface area contributed by atoms with E-state index in [0.29, 0.717) is 31.6 Å². The fourth-order valence-corrected chi connectivity index (χ4v) is 2.99. The molecule has 1 aliphatic heterocycles. The smallest absolute Gasteiger partial charge is 0.245 e. The van der Waals surface area contributed by atoms with Crippen LogP contribution in [-0.2, 0) is 16.0 Å². The average molecular weight is 306 g/mol. The number of carbonyl (C=O) groups excluding carboxylic acids is 2. The Hall–Kier alpha value is -1.91. The highest BCUT2D eigenvalue weighted by Gasteiger charge is 2.35. The van der Waals surface area contributed by atoms with Gasteiger partial charge in [0, 0.05) is 19.6 Å². The van der Waals surface area contributed by atoms with E-state index >= 15 is 0 Å². The van der Waals surface area contributed by atoms with Gasteiger partial charge in [-0.3, -0.25) is 9.59 Å². The molecule has 0 N–H and O–H groups in total. The van der Waals surface area contributed by atoms with E-state index in [1.165, 1.54) is 12.1 Å². The molecule has 0 bridgehead atoms. The Kier molecular flexibility index (Phi) is 5.52. The van der Waals surface area contributed by atoms with Crippen LogP contribution in [0.5, 0.6) is 0 Å². The van der Waals surface area contributed by atoms with Crippen LogP contribution in [0.25, 0.3) is 0 Å². The van der Waals surface area contributed by atoms with Crippen LogP contribution in [0.15, 0.2) is 24.3 Å². The highest BCUT2D eigenvalue weighted by atomic mass is 19.1. The zero-order valence-electron chi connectivity index (χ0n) is 13.2. The molecule has 4 nitrogen and oxygen atoms in total. The Morgan fingerprint density at radius 2 is 2.05 bits per heavy atom. The largest absolute Gasteiger partial charge is 0.341 e. The first-order chi connectivity index (χ1) is 10.6. The van der Waals surface area contributed by atoms with E-state index in [1.54, 1.807) is 21.9 Å². The molecule has 1 heterocycles. The zero-order chi connectivity index (χ0) is 16.1. The van der Waals surface area contributed by atoms with E-state index in [2.05, 4.69) is 0 Å². The molecule has 120 valence electrons. The summed E-state index contributed by atoms with van der Waals surface area (Å²) < 4.78 is 13.2. The molecule has 22 heavy (non-hydrogen) atoms. The molecule has 1 aliphatic rings. The number of amides is 2. The standard InChI is InChI=1S/C17H23FN2O2/c1-3-19(4-2)17(22)15-9-6-10-20(15)16(21)12-13-7-5-8-14(18)11-13/h5,7-8,11,15H,3-4,6,9-10,12H2,1-2H3/t15-/m0/s1. The van der Waals surface area contributed by atoms with E-state index in [9.17, 15) is 14.0 Å². The van der Waals surface area contributed by atoms with Crippen LogP contribution < -0.4 is 0 Å². The minimum atomic E-state index is -0.360. The zero-order valence-corrected chi connectivity index (χ0v) is 13.2. The van der Waals surface area contributed by atoms with Crippen molar-refractivity contribution in [2.75, 3.05) is 19.6 Å². The van der Waals surface area contributed by atoms with Gasteiger partial charge in [-0.05, 0) is 44.4 Å². The van der Waals surface area contributed by atoms with Crippen molar-refractivity contribution in [3.63, 3.8) is 0 Å². The van der Waals surface area contributed by atoms with Crippen molar-refractivity contribution in [1.29, 1.82) is 0 Å². The monoisotopic (exact) mass is 306 g/mol. The second kappa shape index (κ2) is 7.38. The van der Waals surface area contributed by atoms with Gasteiger partial charge in [0.05, 0.1) is 6.42 Å². The molecule has 5 heteroatoms. The number of benzene rings is 1. The number of hydrogen-bond donors (Lipinski definition) is 0. The fraction of sp³-hybridized carbons (Fsp3) is 0.529. The molecule has 0 radical (unpaired) electrons. The third-order valence-electron chi connectivity index (χ3n) is 4.18. The van der Waals surface area contributed by atoms with Gasteiger partial charge in [0.15, 0.2) is 0 Å². The van der Waals surface area contributed by atoms with Gasteiger partial charge in [-0.2, -0.15) is 0 Å². The van der Waals surface area contributed by atoms with Crippen molar-refractivity contribution >= 4 is 11.8 Å². The van der Waals surface area contributed by atoms with Gasteiger partial charge in [-0.1, -0.05) is 12.1 Å². The highest BCUT2D eigenvalue weighted by Crippen LogP contribution is 2.21. The summed E-state index contributed by atoms with van der Waals surface area (Å²) in [5.41, 5.74) is 0.644. The molecule has 2 rings (SSSR count). The van der Waals surface area contributed by atoms with Crippen LogP contribution in [-0.4, -0.2) is 47.3 Å². The molecule has 0 aromatic heterocycles. The first-order valence-corrected chi connectivity index (χ1v) is 7.89. The lowest BCUT2D eigenvalue weighted by Crippen LogP contribution is -2.48. The van der Waals surface area contributed by atoms with Crippen LogP contribution in [0, 0.1) is 5.82 Å². The predicted octanol–water partition coefficient (Wildman–Crippen LogP) is 2.23. The third kappa shape index (κ3) is 3.64. The second-order valence-electron chi connectivity index (χ2n) is 5.56. The molecule has 1 saturated heterocycles. The Morgan fingerprint density at radius 1 is 1.32 bits per heavy atom. The molecule has 0 saturated carbocycles. The Balaban J connectivity index is 2.06. The summed E-state index contributed by atoms with van der Waals surface area (Å²) in [5.74, 6) is -0.425. The minimum absolute atomic E-state index is 0.0232. The first-order valence-electron chi connectivity index (χ1n) is 7.89. The van der Waals surface area contributed by atoms with Crippen molar-refractivity contribution in [1.82, 2.24) is 9.80 Å². The number of hydrogen-bond acceptors (Lipinski definition) is 2. The summed E-state index contributed by atoms with van der Waals surface area (Å²) in [6.45, 7) is 5.78. The highest BCUT2D eigenvalue weighted by molar-refractivity contribution is 5.89. The van der Waals surface area contributed by atoms with E-state index in [4.69, 9.17) is 0 Å². The van der Waals surface area contributed by atoms with Crippen LogP contribution in [0.2, 0.25) is 0 Å². The van der Waals surface area contributed by atoms with Crippen LogP contribution in [0.3, 0.4) is 0 Å². The van der Waals surface area contributed by atoms with Gasteiger partial charge in [-0.15, -0.1) is 0 Å². The number of nitrogens with zero attached hydrogens (tertiary/aromatic N) is 2. The summed E-state index contributed by atoms with van der Waals surface area (Å²) in [7, 11) is 0. The minimum Gasteiger partial charge on any atom is -0.341 e. The lowest BCUT2D eigenvalue weighted by molar-refractivity contribution is -0.143. The number of rotatable bonds is 5. The van der Waals surface area contributed by atoms with Crippen molar-refractivity contribution < 1.29 is 14.0 Å². The summed E-state index contributed by atoms with van der Waals surface area (Å²) in [5, 5.41) is 0. The predicted molar refractivity (Wildman–Crippen MR) is 82.8 cm³/mol. The third-order valence-corrected chi connectivity index (χ3v) is 4.18. The van der Waals surface area contributed by atoms with Crippen molar-refractivity contribution in [3.8, 4) is 0 Å². The number of likely N-dealkylation sites (N-methyl/N-ethyl adjacent to an activating group) is 1. The molecular weight excluding hydrogens is 283 g/mol. The number of carbonyl (C=O) groups is 2. The summed E-state index contributed by atoms with van der Waals surface area (Å²) in [6.07, 6.45) is 1.69. The average Bonchev–Trinajstić information content (AvgIpc) is 2.98. The molecule has 0 unspecified atom stereocenters. The normalized spacial score (nSPS) is 17.6. The van der Waals surface area contributed by atoms with Gasteiger partial charge in [0.2, 0.25) is 11.8 Å². The second-order valence-corrected chi connectivity index (χ2v) is 5.56. The molecule has 1 atom stereocenters. The molecular formula is C17H23FN2O2. The van der Waals surface area contributed by atoms with Crippen molar-refractivity contribution in [2.24, 2.45) is 0 Å². The number of halogens is 1. The maximum Gasteiger partial charge on any atom is 0.245 e. The summed E-state index contributed by atoms with van der Waals surface area (Å²) >= 11 is 0. The van der Waals surface area contributed by atoms with Gasteiger partial charge in [0.1, 0.15) is 11.9 Å². The van der Waals surface area contributed by atoms with Crippen LogP contribution >= 0.6 is 0 Å². The van der Waals surface area contributed by atoms with Gasteiger partial charge in [-0.25, -0.2) is 4.39 Å². The van der Waals surface area contributed by atoms with E-state index in [0.717, 1.165) is 6.42 Å². The van der Waals surface area contributed by atoms with Gasteiger partial charge in [0.25, 0.3) is 0 Å². The first kappa shape index (κ1) is 16.5. The maximum atomic E-state index is 13.2. The molecule has 1 fully saturated rings. The molecule has 0 spiro atoms. The van der Waals surface area contributed by atoms with Crippen molar-refractivity contribution in [2.45, 2.75) is 39.2 Å². The molecule has 2 amide bonds. The maximum absolute atomic E-state index is 13.2. The molecule has 1 aromatic rings. The van der Waals surface area contributed by atoms with Crippen molar-refractivity contribution in [3.05, 3.63) is 35.6 Å². The lowest BCUT2D eigenvalue weighted by Gasteiger charge is -2.29. The Labute approximate surface area is 130 Å². The summed E-state index contributed by atoms with van der Waals surface area (Å²) in [4.78, 5) is 28.4. The van der Waals surface area contributed by atoms with E-state index in [-0.39, 0.29) is 30.1 Å². The van der Waals surface area contributed by atoms with E-state index in [1.807, 2.05) is 13.8 Å². The van der Waals surface area contributed by atoms with Crippen LogP contribution in [0.1, 0.15) is 32.3 Å². The summed E-state index contributed by atoms with van der Waals surface area (Å²) in [6, 6.07) is 5.70. The van der Waals surface area contributed by atoms with Gasteiger partial charge >= 0.3 is 0 Å². The fourth-order valence-electron chi connectivity index (χ4n) is 2.99. The van der Waals surface area contributed by atoms with Gasteiger partial charge < -0.3 is 9.80 Å². The molecule has 0 aliphatic carbocycles. The van der Waals surface area contributed by atoms with Crippen LogP contribution in [0.4, 0.5) is 4.39 Å². The quantitative estimate of drug-likeness (QED) is 0.837. The Bertz CT molecular complexity index is 543. The topological polar surface area (TPSA) is 40.6 Å².